The predicted molar refractivity (Wildman–Crippen MR) is 110 cm³/mol. The van der Waals surface area contributed by atoms with Gasteiger partial charge in [0.05, 0.1) is 0 Å². The first-order chi connectivity index (χ1) is 12.0. The number of hydrogen-bond donors (Lipinski definition) is 2. The second-order valence-electron chi connectivity index (χ2n) is 6.05. The fourth-order valence-electron chi connectivity index (χ4n) is 2.87. The number of benzene rings is 1. The number of hydrogen-bond acceptors (Lipinski definition) is 2. The van der Waals surface area contributed by atoms with Gasteiger partial charge in [0, 0.05) is 38.6 Å². The molecule has 1 saturated heterocycles. The van der Waals surface area contributed by atoms with E-state index in [1.54, 1.807) is 6.07 Å². The summed E-state index contributed by atoms with van der Waals surface area (Å²) in [5.41, 5.74) is 0.320. The second kappa shape index (κ2) is 11.3. The zero-order valence-electron chi connectivity index (χ0n) is 15.2. The number of guanidine groups is 1. The summed E-state index contributed by atoms with van der Waals surface area (Å²) in [5, 5.41) is 6.46. The summed E-state index contributed by atoms with van der Waals surface area (Å²) >= 11 is 0. The van der Waals surface area contributed by atoms with Crippen molar-refractivity contribution >= 4 is 35.8 Å². The Morgan fingerprint density at radius 3 is 2.81 bits per heavy atom. The number of halogens is 3. The SMILES string of the molecule is CCNC(=NCCc1cccc(F)c1F)NC1CCN(C(=O)CC)C1.I. The van der Waals surface area contributed by atoms with E-state index < -0.39 is 11.6 Å². The van der Waals surface area contributed by atoms with Crippen LogP contribution in [0.15, 0.2) is 23.2 Å². The second-order valence-corrected chi connectivity index (χ2v) is 6.05. The highest BCUT2D eigenvalue weighted by Crippen LogP contribution is 2.12. The van der Waals surface area contributed by atoms with Gasteiger partial charge in [-0.15, -0.1) is 24.0 Å². The molecule has 1 fully saturated rings. The molecule has 0 radical (unpaired) electrons. The number of aliphatic imine (C=N–C) groups is 1. The van der Waals surface area contributed by atoms with Crippen LogP contribution in [0.2, 0.25) is 0 Å². The third kappa shape index (κ3) is 6.37. The van der Waals surface area contributed by atoms with E-state index in [-0.39, 0.29) is 35.9 Å². The number of carbonyl (C=O) groups is 1. The van der Waals surface area contributed by atoms with Crippen LogP contribution in [-0.4, -0.2) is 49.0 Å². The van der Waals surface area contributed by atoms with Crippen molar-refractivity contribution in [3.05, 3.63) is 35.4 Å². The molecule has 0 saturated carbocycles. The molecule has 146 valence electrons. The van der Waals surface area contributed by atoms with Gasteiger partial charge in [0.15, 0.2) is 17.6 Å². The molecule has 26 heavy (non-hydrogen) atoms. The van der Waals surface area contributed by atoms with Gasteiger partial charge in [0.25, 0.3) is 0 Å². The van der Waals surface area contributed by atoms with Crippen molar-refractivity contribution in [3.8, 4) is 0 Å². The molecule has 1 aliphatic heterocycles. The van der Waals surface area contributed by atoms with Crippen molar-refractivity contribution in [2.45, 2.75) is 39.2 Å². The van der Waals surface area contributed by atoms with E-state index in [0.717, 1.165) is 19.0 Å². The van der Waals surface area contributed by atoms with Crippen LogP contribution in [0.1, 0.15) is 32.3 Å². The number of carbonyl (C=O) groups excluding carboxylic acids is 1. The minimum atomic E-state index is -0.835. The molecular weight excluding hydrogens is 453 g/mol. The van der Waals surface area contributed by atoms with Gasteiger partial charge in [-0.25, -0.2) is 8.78 Å². The molecule has 2 rings (SSSR count). The maximum absolute atomic E-state index is 13.7. The molecule has 1 aromatic rings. The maximum atomic E-state index is 13.7. The van der Waals surface area contributed by atoms with Crippen LogP contribution in [0.25, 0.3) is 0 Å². The fraction of sp³-hybridized carbons (Fsp3) is 0.556. The van der Waals surface area contributed by atoms with Gasteiger partial charge in [-0.05, 0) is 31.4 Å². The molecule has 1 aliphatic rings. The summed E-state index contributed by atoms with van der Waals surface area (Å²) in [6.45, 7) is 6.28. The molecule has 1 unspecified atom stereocenters. The molecule has 8 heteroatoms. The van der Waals surface area contributed by atoms with Crippen LogP contribution in [0, 0.1) is 11.6 Å². The molecule has 1 amide bonds. The number of amides is 1. The monoisotopic (exact) mass is 480 g/mol. The summed E-state index contributed by atoms with van der Waals surface area (Å²) in [6, 6.07) is 4.33. The molecule has 1 aromatic carbocycles. The Balaban J connectivity index is 0.00000338. The Kier molecular flexibility index (Phi) is 9.82. The summed E-state index contributed by atoms with van der Waals surface area (Å²) in [5.74, 6) is -0.846. The van der Waals surface area contributed by atoms with Crippen LogP contribution >= 0.6 is 24.0 Å². The first kappa shape index (κ1) is 22.6. The molecule has 0 aliphatic carbocycles. The molecule has 1 atom stereocenters. The van der Waals surface area contributed by atoms with Crippen molar-refractivity contribution in [2.24, 2.45) is 4.99 Å². The first-order valence-corrected chi connectivity index (χ1v) is 8.80. The smallest absolute Gasteiger partial charge is 0.222 e. The van der Waals surface area contributed by atoms with Gasteiger partial charge in [-0.1, -0.05) is 19.1 Å². The topological polar surface area (TPSA) is 56.7 Å². The standard InChI is InChI=1S/C18H26F2N4O.HI/c1-3-16(25)24-11-9-14(12-24)23-18(21-4-2)22-10-8-13-6-5-7-15(19)17(13)20;/h5-7,14H,3-4,8-12H2,1-2H3,(H2,21,22,23);1H. The third-order valence-corrected chi connectivity index (χ3v) is 4.21. The third-order valence-electron chi connectivity index (χ3n) is 4.21. The van der Waals surface area contributed by atoms with Crippen LogP contribution in [0.4, 0.5) is 8.78 Å². The van der Waals surface area contributed by atoms with Gasteiger partial charge in [0.1, 0.15) is 0 Å². The lowest BCUT2D eigenvalue weighted by Gasteiger charge is -2.18. The van der Waals surface area contributed by atoms with Gasteiger partial charge < -0.3 is 15.5 Å². The van der Waals surface area contributed by atoms with E-state index >= 15 is 0 Å². The molecular formula is C18H27F2IN4O. The molecule has 0 spiro atoms. The van der Waals surface area contributed by atoms with Crippen molar-refractivity contribution < 1.29 is 13.6 Å². The van der Waals surface area contributed by atoms with Gasteiger partial charge in [-0.3, -0.25) is 9.79 Å². The van der Waals surface area contributed by atoms with Crippen LogP contribution in [-0.2, 0) is 11.2 Å². The Bertz CT molecular complexity index is 627. The van der Waals surface area contributed by atoms with Gasteiger partial charge >= 0.3 is 0 Å². The number of nitrogens with zero attached hydrogens (tertiary/aromatic N) is 2. The van der Waals surface area contributed by atoms with E-state index in [2.05, 4.69) is 15.6 Å². The Morgan fingerprint density at radius 1 is 1.35 bits per heavy atom. The summed E-state index contributed by atoms with van der Waals surface area (Å²) in [4.78, 5) is 18.0. The molecule has 1 heterocycles. The van der Waals surface area contributed by atoms with Crippen LogP contribution < -0.4 is 10.6 Å². The summed E-state index contributed by atoms with van der Waals surface area (Å²) in [6.07, 6.45) is 1.71. The van der Waals surface area contributed by atoms with E-state index in [1.165, 1.54) is 6.07 Å². The lowest BCUT2D eigenvalue weighted by atomic mass is 10.1. The zero-order valence-corrected chi connectivity index (χ0v) is 17.6. The lowest BCUT2D eigenvalue weighted by Crippen LogP contribution is -2.45. The first-order valence-electron chi connectivity index (χ1n) is 8.80. The van der Waals surface area contributed by atoms with Gasteiger partial charge in [-0.2, -0.15) is 0 Å². The average Bonchev–Trinajstić information content (AvgIpc) is 3.06. The molecule has 0 aromatic heterocycles. The number of rotatable bonds is 6. The zero-order chi connectivity index (χ0) is 18.2. The minimum absolute atomic E-state index is 0. The lowest BCUT2D eigenvalue weighted by molar-refractivity contribution is -0.129. The average molecular weight is 480 g/mol. The Labute approximate surface area is 170 Å². The number of likely N-dealkylation sites (tertiary alicyclic amines) is 1. The van der Waals surface area contributed by atoms with Crippen molar-refractivity contribution in [2.75, 3.05) is 26.2 Å². The maximum Gasteiger partial charge on any atom is 0.222 e. The predicted octanol–water partition coefficient (Wildman–Crippen LogP) is 2.69. The Morgan fingerprint density at radius 2 is 2.12 bits per heavy atom. The molecule has 2 N–H and O–H groups in total. The van der Waals surface area contributed by atoms with E-state index in [9.17, 15) is 13.6 Å². The Hall–Kier alpha value is -1.45. The van der Waals surface area contributed by atoms with Crippen molar-refractivity contribution in [3.63, 3.8) is 0 Å². The number of nitrogens with one attached hydrogen (secondary N) is 2. The normalized spacial score (nSPS) is 17.0. The van der Waals surface area contributed by atoms with E-state index in [4.69, 9.17) is 0 Å². The van der Waals surface area contributed by atoms with Crippen molar-refractivity contribution in [1.82, 2.24) is 15.5 Å². The highest BCUT2D eigenvalue weighted by Gasteiger charge is 2.25. The van der Waals surface area contributed by atoms with Gasteiger partial charge in [0.2, 0.25) is 5.91 Å². The van der Waals surface area contributed by atoms with E-state index in [1.807, 2.05) is 18.7 Å². The highest BCUT2D eigenvalue weighted by molar-refractivity contribution is 14.0. The fourth-order valence-corrected chi connectivity index (χ4v) is 2.87. The largest absolute Gasteiger partial charge is 0.357 e. The summed E-state index contributed by atoms with van der Waals surface area (Å²) in [7, 11) is 0. The molecule has 5 nitrogen and oxygen atoms in total. The van der Waals surface area contributed by atoms with Crippen LogP contribution in [0.5, 0.6) is 0 Å². The quantitative estimate of drug-likeness (QED) is 0.374. The minimum Gasteiger partial charge on any atom is -0.357 e. The van der Waals surface area contributed by atoms with Crippen LogP contribution in [0.3, 0.4) is 0 Å². The van der Waals surface area contributed by atoms with E-state index in [0.29, 0.717) is 44.0 Å². The van der Waals surface area contributed by atoms with Crippen molar-refractivity contribution in [1.29, 1.82) is 0 Å². The highest BCUT2D eigenvalue weighted by atomic mass is 127. The molecule has 0 bridgehead atoms. The summed E-state index contributed by atoms with van der Waals surface area (Å²) < 4.78 is 26.9.